The van der Waals surface area contributed by atoms with Crippen LogP contribution < -0.4 is 10.1 Å². The van der Waals surface area contributed by atoms with Crippen LogP contribution in [0.4, 0.5) is 10.1 Å². The summed E-state index contributed by atoms with van der Waals surface area (Å²) in [6, 6.07) is 18.7. The van der Waals surface area contributed by atoms with Crippen molar-refractivity contribution in [3.63, 3.8) is 0 Å². The van der Waals surface area contributed by atoms with Gasteiger partial charge in [-0.3, -0.25) is 14.5 Å². The molecule has 3 aromatic carbocycles. The number of aryl methyl sites for hydroxylation is 2. The normalized spacial score (nSPS) is 13.7. The van der Waals surface area contributed by atoms with Crippen LogP contribution in [0.25, 0.3) is 5.57 Å². The van der Waals surface area contributed by atoms with Crippen LogP contribution in [0.1, 0.15) is 22.3 Å². The Labute approximate surface area is 186 Å². The molecular formula is C26H23FN2O3. The summed E-state index contributed by atoms with van der Waals surface area (Å²) in [5.41, 5.74) is 4.38. The van der Waals surface area contributed by atoms with E-state index in [-0.39, 0.29) is 18.1 Å². The number of ether oxygens (including phenoxy) is 1. The minimum Gasteiger partial charge on any atom is -0.495 e. The van der Waals surface area contributed by atoms with Gasteiger partial charge in [0.25, 0.3) is 11.8 Å². The predicted octanol–water partition coefficient (Wildman–Crippen LogP) is 4.84. The minimum atomic E-state index is -0.444. The zero-order valence-electron chi connectivity index (χ0n) is 18.1. The second-order valence-electron chi connectivity index (χ2n) is 7.72. The second-order valence-corrected chi connectivity index (χ2v) is 7.72. The highest BCUT2D eigenvalue weighted by molar-refractivity contribution is 6.36. The first-order chi connectivity index (χ1) is 15.4. The number of amides is 2. The van der Waals surface area contributed by atoms with Gasteiger partial charge in [0, 0.05) is 0 Å². The van der Waals surface area contributed by atoms with Crippen LogP contribution in [0.15, 0.2) is 72.4 Å². The average Bonchev–Trinajstić information content (AvgIpc) is 3.00. The number of nitrogens with zero attached hydrogens (tertiary/aromatic N) is 1. The zero-order valence-corrected chi connectivity index (χ0v) is 18.1. The number of rotatable bonds is 6. The van der Waals surface area contributed by atoms with E-state index in [1.54, 1.807) is 31.4 Å². The van der Waals surface area contributed by atoms with Crippen molar-refractivity contribution in [2.75, 3.05) is 12.4 Å². The molecule has 2 amide bonds. The third-order valence-electron chi connectivity index (χ3n) is 5.44. The molecule has 0 aliphatic carbocycles. The third kappa shape index (κ3) is 3.99. The van der Waals surface area contributed by atoms with E-state index in [0.29, 0.717) is 28.1 Å². The summed E-state index contributed by atoms with van der Waals surface area (Å²) in [5.74, 6) is -0.665. The molecule has 4 rings (SSSR count). The van der Waals surface area contributed by atoms with Gasteiger partial charge in [-0.05, 0) is 54.8 Å². The van der Waals surface area contributed by atoms with Gasteiger partial charge in [0.1, 0.15) is 17.3 Å². The first-order valence-corrected chi connectivity index (χ1v) is 10.2. The Morgan fingerprint density at radius 2 is 1.66 bits per heavy atom. The Bertz CT molecular complexity index is 1230. The van der Waals surface area contributed by atoms with E-state index < -0.39 is 11.8 Å². The van der Waals surface area contributed by atoms with Crippen molar-refractivity contribution in [2.24, 2.45) is 0 Å². The van der Waals surface area contributed by atoms with E-state index in [2.05, 4.69) is 5.32 Å². The highest BCUT2D eigenvalue weighted by Crippen LogP contribution is 2.35. The molecule has 0 saturated carbocycles. The van der Waals surface area contributed by atoms with Gasteiger partial charge >= 0.3 is 0 Å². The summed E-state index contributed by atoms with van der Waals surface area (Å²) in [7, 11) is 1.54. The summed E-state index contributed by atoms with van der Waals surface area (Å²) in [5, 5.41) is 3.14. The van der Waals surface area contributed by atoms with Gasteiger partial charge in [0.2, 0.25) is 0 Å². The molecule has 1 heterocycles. The third-order valence-corrected chi connectivity index (χ3v) is 5.44. The number of methoxy groups -OCH3 is 1. The lowest BCUT2D eigenvalue weighted by Gasteiger charge is -2.16. The molecule has 1 N–H and O–H groups in total. The smallest absolute Gasteiger partial charge is 0.278 e. The van der Waals surface area contributed by atoms with Crippen molar-refractivity contribution in [1.29, 1.82) is 0 Å². The van der Waals surface area contributed by atoms with Crippen LogP contribution in [0.2, 0.25) is 0 Å². The SMILES string of the molecule is COc1ccccc1NC1=C(c2ccc(C)cc2C)C(=O)N(Cc2ccc(F)cc2)C1=O. The van der Waals surface area contributed by atoms with Crippen molar-refractivity contribution in [1.82, 2.24) is 4.90 Å². The molecule has 0 aromatic heterocycles. The van der Waals surface area contributed by atoms with Crippen molar-refractivity contribution >= 4 is 23.1 Å². The van der Waals surface area contributed by atoms with E-state index in [1.807, 2.05) is 44.2 Å². The van der Waals surface area contributed by atoms with Gasteiger partial charge in [0.05, 0.1) is 24.9 Å². The van der Waals surface area contributed by atoms with Crippen LogP contribution in [-0.4, -0.2) is 23.8 Å². The number of carbonyl (C=O) groups excluding carboxylic acids is 2. The highest BCUT2D eigenvalue weighted by atomic mass is 19.1. The summed E-state index contributed by atoms with van der Waals surface area (Å²) < 4.78 is 18.7. The van der Waals surface area contributed by atoms with Gasteiger partial charge in [-0.1, -0.05) is 48.0 Å². The van der Waals surface area contributed by atoms with E-state index >= 15 is 0 Å². The second kappa shape index (κ2) is 8.67. The van der Waals surface area contributed by atoms with E-state index in [0.717, 1.165) is 11.1 Å². The molecule has 5 nitrogen and oxygen atoms in total. The van der Waals surface area contributed by atoms with Crippen LogP contribution in [0, 0.1) is 19.7 Å². The Kier molecular flexibility index (Phi) is 5.77. The average molecular weight is 430 g/mol. The van der Waals surface area contributed by atoms with Crippen LogP contribution in [0.3, 0.4) is 0 Å². The van der Waals surface area contributed by atoms with Crippen LogP contribution in [-0.2, 0) is 16.1 Å². The first-order valence-electron chi connectivity index (χ1n) is 10.2. The molecule has 1 aliphatic rings. The van der Waals surface area contributed by atoms with Gasteiger partial charge in [-0.15, -0.1) is 0 Å². The lowest BCUT2D eigenvalue weighted by molar-refractivity contribution is -0.137. The lowest BCUT2D eigenvalue weighted by atomic mass is 9.97. The molecule has 0 atom stereocenters. The van der Waals surface area contributed by atoms with Crippen molar-refractivity contribution in [3.8, 4) is 5.75 Å². The maximum atomic E-state index is 13.5. The molecule has 0 bridgehead atoms. The number of halogens is 1. The van der Waals surface area contributed by atoms with Crippen LogP contribution in [0.5, 0.6) is 5.75 Å². The number of carbonyl (C=O) groups is 2. The summed E-state index contributed by atoms with van der Waals surface area (Å²) >= 11 is 0. The molecule has 0 spiro atoms. The number of para-hydroxylation sites is 2. The number of anilines is 1. The number of hydrogen-bond acceptors (Lipinski definition) is 4. The number of benzene rings is 3. The van der Waals surface area contributed by atoms with Crippen LogP contribution >= 0.6 is 0 Å². The molecule has 6 heteroatoms. The molecule has 1 aliphatic heterocycles. The standard InChI is InChI=1S/C26H23FN2O3/c1-16-8-13-20(17(2)14-16)23-24(28-21-6-4-5-7-22(21)32-3)26(31)29(25(23)30)15-18-9-11-19(27)12-10-18/h4-14,28H,15H2,1-3H3. The largest absolute Gasteiger partial charge is 0.495 e. The van der Waals surface area contributed by atoms with Crippen molar-refractivity contribution in [3.05, 3.63) is 100 Å². The van der Waals surface area contributed by atoms with Gasteiger partial charge in [-0.2, -0.15) is 0 Å². The van der Waals surface area contributed by atoms with E-state index in [9.17, 15) is 14.0 Å². The fourth-order valence-corrected chi connectivity index (χ4v) is 3.83. The maximum absolute atomic E-state index is 13.5. The van der Waals surface area contributed by atoms with E-state index in [1.165, 1.54) is 17.0 Å². The molecular weight excluding hydrogens is 407 g/mol. The fourth-order valence-electron chi connectivity index (χ4n) is 3.83. The van der Waals surface area contributed by atoms with Gasteiger partial charge < -0.3 is 10.1 Å². The zero-order chi connectivity index (χ0) is 22.8. The molecule has 3 aromatic rings. The Hall–Kier alpha value is -3.93. The molecule has 162 valence electrons. The van der Waals surface area contributed by atoms with Gasteiger partial charge in [-0.25, -0.2) is 4.39 Å². The molecule has 32 heavy (non-hydrogen) atoms. The number of hydrogen-bond donors (Lipinski definition) is 1. The quantitative estimate of drug-likeness (QED) is 0.569. The Morgan fingerprint density at radius 3 is 2.34 bits per heavy atom. The maximum Gasteiger partial charge on any atom is 0.278 e. The summed E-state index contributed by atoms with van der Waals surface area (Å²) in [4.78, 5) is 28.1. The monoisotopic (exact) mass is 430 g/mol. The van der Waals surface area contributed by atoms with Gasteiger partial charge in [0.15, 0.2) is 0 Å². The molecule has 0 radical (unpaired) electrons. The number of nitrogens with one attached hydrogen (secondary N) is 1. The molecule has 0 unspecified atom stereocenters. The summed E-state index contributed by atoms with van der Waals surface area (Å²) in [6.45, 7) is 3.93. The Morgan fingerprint density at radius 1 is 0.938 bits per heavy atom. The minimum absolute atomic E-state index is 0.0451. The molecule has 0 saturated heterocycles. The highest BCUT2D eigenvalue weighted by Gasteiger charge is 2.40. The predicted molar refractivity (Wildman–Crippen MR) is 121 cm³/mol. The Balaban J connectivity index is 1.79. The molecule has 0 fully saturated rings. The lowest BCUT2D eigenvalue weighted by Crippen LogP contribution is -2.32. The van der Waals surface area contributed by atoms with Crippen molar-refractivity contribution < 1.29 is 18.7 Å². The fraction of sp³-hybridized carbons (Fsp3) is 0.154. The number of imide groups is 1. The van der Waals surface area contributed by atoms with E-state index in [4.69, 9.17) is 4.74 Å². The summed E-state index contributed by atoms with van der Waals surface area (Å²) in [6.07, 6.45) is 0. The first kappa shape index (κ1) is 21.3. The van der Waals surface area contributed by atoms with Crippen molar-refractivity contribution in [2.45, 2.75) is 20.4 Å². The topological polar surface area (TPSA) is 58.6 Å².